The normalized spacial score (nSPS) is 21.3. The molecule has 0 unspecified atom stereocenters. The lowest BCUT2D eigenvalue weighted by Crippen LogP contribution is -2.11. The average Bonchev–Trinajstić information content (AvgIpc) is 2.57. The Morgan fingerprint density at radius 1 is 1.24 bits per heavy atom. The molecule has 0 radical (unpaired) electrons. The first-order valence-electron chi connectivity index (χ1n) is 5.69. The number of nitrogens with one attached hydrogen (secondary N) is 1. The molecule has 0 atom stereocenters. The van der Waals surface area contributed by atoms with Gasteiger partial charge in [-0.05, 0) is 16.9 Å². The van der Waals surface area contributed by atoms with Crippen LogP contribution in [0.2, 0.25) is 5.02 Å². The van der Waals surface area contributed by atoms with E-state index in [-0.39, 0.29) is 15.9 Å². The third-order valence-electron chi connectivity index (χ3n) is 4.41. The standard InChI is InChI=1S/C13H18ClFN2/c1-12(2)11(13(12,3)4)17-10-5-7(14)8(15)6-9(10)16/h5-6,11,17H,16H2,1-4H3. The number of rotatable bonds is 2. The highest BCUT2D eigenvalue weighted by Gasteiger charge is 2.65. The second-order valence-corrected chi connectivity index (χ2v) is 6.28. The fourth-order valence-corrected chi connectivity index (χ4v) is 2.56. The molecule has 1 saturated carbocycles. The van der Waals surface area contributed by atoms with Gasteiger partial charge >= 0.3 is 0 Å². The van der Waals surface area contributed by atoms with Crippen molar-refractivity contribution in [3.05, 3.63) is 23.0 Å². The van der Waals surface area contributed by atoms with Crippen LogP contribution in [0.3, 0.4) is 0 Å². The Morgan fingerprint density at radius 2 is 1.76 bits per heavy atom. The van der Waals surface area contributed by atoms with Gasteiger partial charge in [-0.3, -0.25) is 0 Å². The van der Waals surface area contributed by atoms with Crippen LogP contribution in [0.4, 0.5) is 15.8 Å². The highest BCUT2D eigenvalue weighted by Crippen LogP contribution is 2.63. The monoisotopic (exact) mass is 256 g/mol. The number of anilines is 2. The molecule has 0 aromatic heterocycles. The van der Waals surface area contributed by atoms with E-state index in [0.717, 1.165) is 0 Å². The van der Waals surface area contributed by atoms with Crippen molar-refractivity contribution in [1.29, 1.82) is 0 Å². The highest BCUT2D eigenvalue weighted by molar-refractivity contribution is 6.31. The van der Waals surface area contributed by atoms with E-state index in [2.05, 4.69) is 33.0 Å². The van der Waals surface area contributed by atoms with Crippen LogP contribution in [0.5, 0.6) is 0 Å². The molecular weight excluding hydrogens is 239 g/mol. The van der Waals surface area contributed by atoms with Gasteiger partial charge in [-0.15, -0.1) is 0 Å². The van der Waals surface area contributed by atoms with Crippen molar-refractivity contribution in [2.75, 3.05) is 11.1 Å². The number of nitrogen functional groups attached to an aromatic ring is 1. The third kappa shape index (κ3) is 1.77. The van der Waals surface area contributed by atoms with E-state index in [4.69, 9.17) is 17.3 Å². The van der Waals surface area contributed by atoms with Crippen LogP contribution < -0.4 is 11.1 Å². The van der Waals surface area contributed by atoms with Gasteiger partial charge in [0.1, 0.15) is 5.82 Å². The SMILES string of the molecule is CC1(C)C(Nc2cc(Cl)c(F)cc2N)C1(C)C. The van der Waals surface area contributed by atoms with Gasteiger partial charge in [0.25, 0.3) is 0 Å². The molecule has 94 valence electrons. The van der Waals surface area contributed by atoms with Gasteiger partial charge in [-0.1, -0.05) is 39.3 Å². The second-order valence-electron chi connectivity index (χ2n) is 5.87. The summed E-state index contributed by atoms with van der Waals surface area (Å²) in [5.41, 5.74) is 7.27. The lowest BCUT2D eigenvalue weighted by molar-refractivity contribution is 0.457. The van der Waals surface area contributed by atoms with Crippen LogP contribution in [-0.4, -0.2) is 6.04 Å². The molecule has 0 spiro atoms. The largest absolute Gasteiger partial charge is 0.397 e. The summed E-state index contributed by atoms with van der Waals surface area (Å²) >= 11 is 5.76. The van der Waals surface area contributed by atoms with Crippen molar-refractivity contribution in [2.24, 2.45) is 10.8 Å². The van der Waals surface area contributed by atoms with Crippen molar-refractivity contribution < 1.29 is 4.39 Å². The van der Waals surface area contributed by atoms with Crippen molar-refractivity contribution in [3.8, 4) is 0 Å². The van der Waals surface area contributed by atoms with Crippen LogP contribution in [0.15, 0.2) is 12.1 Å². The Balaban J connectivity index is 2.25. The molecule has 0 bridgehead atoms. The van der Waals surface area contributed by atoms with Crippen molar-refractivity contribution in [2.45, 2.75) is 33.7 Å². The molecule has 4 heteroatoms. The maximum Gasteiger partial charge on any atom is 0.143 e. The van der Waals surface area contributed by atoms with Gasteiger partial charge in [-0.2, -0.15) is 0 Å². The maximum atomic E-state index is 13.2. The number of nitrogens with two attached hydrogens (primary N) is 1. The molecule has 0 aliphatic heterocycles. The first-order chi connectivity index (χ1) is 7.68. The molecule has 17 heavy (non-hydrogen) atoms. The van der Waals surface area contributed by atoms with Crippen molar-refractivity contribution in [3.63, 3.8) is 0 Å². The smallest absolute Gasteiger partial charge is 0.143 e. The fourth-order valence-electron chi connectivity index (χ4n) is 2.40. The minimum Gasteiger partial charge on any atom is -0.397 e. The topological polar surface area (TPSA) is 38.0 Å². The van der Waals surface area contributed by atoms with E-state index >= 15 is 0 Å². The molecule has 3 N–H and O–H groups in total. The van der Waals surface area contributed by atoms with Crippen LogP contribution in [0.1, 0.15) is 27.7 Å². The number of halogens is 2. The average molecular weight is 257 g/mol. The van der Waals surface area contributed by atoms with Crippen LogP contribution >= 0.6 is 11.6 Å². The minimum atomic E-state index is -0.482. The van der Waals surface area contributed by atoms with Crippen molar-refractivity contribution in [1.82, 2.24) is 0 Å². The Labute approximate surface area is 106 Å². The quantitative estimate of drug-likeness (QED) is 0.788. The zero-order chi connectivity index (χ0) is 13.0. The van der Waals surface area contributed by atoms with E-state index in [9.17, 15) is 4.39 Å². The molecule has 1 fully saturated rings. The summed E-state index contributed by atoms with van der Waals surface area (Å²) in [5, 5.41) is 3.45. The lowest BCUT2D eigenvalue weighted by atomic mass is 10.0. The molecule has 0 amide bonds. The summed E-state index contributed by atoms with van der Waals surface area (Å²) < 4.78 is 13.2. The molecule has 0 saturated heterocycles. The molecule has 2 rings (SSSR count). The zero-order valence-electron chi connectivity index (χ0n) is 10.6. The van der Waals surface area contributed by atoms with E-state index in [1.54, 1.807) is 6.07 Å². The summed E-state index contributed by atoms with van der Waals surface area (Å²) in [4.78, 5) is 0. The van der Waals surface area contributed by atoms with E-state index in [1.165, 1.54) is 6.07 Å². The second kappa shape index (κ2) is 3.52. The van der Waals surface area contributed by atoms with E-state index in [1.807, 2.05) is 0 Å². The molecular formula is C13H18ClFN2. The summed E-state index contributed by atoms with van der Waals surface area (Å²) in [7, 11) is 0. The van der Waals surface area contributed by atoms with Crippen molar-refractivity contribution >= 4 is 23.0 Å². The molecule has 0 heterocycles. The van der Waals surface area contributed by atoms with Gasteiger partial charge < -0.3 is 11.1 Å². The summed E-state index contributed by atoms with van der Waals surface area (Å²) in [6, 6.07) is 3.13. The Bertz CT molecular complexity index is 455. The fraction of sp³-hybridized carbons (Fsp3) is 0.538. The molecule has 2 nitrogen and oxygen atoms in total. The number of hydrogen-bond donors (Lipinski definition) is 2. The number of benzene rings is 1. The van der Waals surface area contributed by atoms with Crippen LogP contribution in [-0.2, 0) is 0 Å². The predicted molar refractivity (Wildman–Crippen MR) is 70.8 cm³/mol. The molecule has 1 aromatic rings. The molecule has 1 aliphatic carbocycles. The van der Waals surface area contributed by atoms with Crippen LogP contribution in [0.25, 0.3) is 0 Å². The number of hydrogen-bond acceptors (Lipinski definition) is 2. The first kappa shape index (κ1) is 12.5. The predicted octanol–water partition coefficient (Wildman–Crippen LogP) is 3.91. The lowest BCUT2D eigenvalue weighted by Gasteiger charge is -2.12. The van der Waals surface area contributed by atoms with Gasteiger partial charge in [0.05, 0.1) is 16.4 Å². The Kier molecular flexibility index (Phi) is 2.58. The molecule has 1 aliphatic rings. The first-order valence-corrected chi connectivity index (χ1v) is 6.07. The van der Waals surface area contributed by atoms with E-state index in [0.29, 0.717) is 17.4 Å². The highest BCUT2D eigenvalue weighted by atomic mass is 35.5. The zero-order valence-corrected chi connectivity index (χ0v) is 11.3. The van der Waals surface area contributed by atoms with E-state index < -0.39 is 5.82 Å². The van der Waals surface area contributed by atoms with Gasteiger partial charge in [0.2, 0.25) is 0 Å². The van der Waals surface area contributed by atoms with Gasteiger partial charge in [0.15, 0.2) is 0 Å². The summed E-state index contributed by atoms with van der Waals surface area (Å²) in [6.45, 7) is 8.80. The van der Waals surface area contributed by atoms with Gasteiger partial charge in [-0.25, -0.2) is 4.39 Å². The van der Waals surface area contributed by atoms with Crippen LogP contribution in [0, 0.1) is 16.6 Å². The Hall–Kier alpha value is -0.960. The summed E-state index contributed by atoms with van der Waals surface area (Å²) in [5.74, 6) is -0.482. The maximum absolute atomic E-state index is 13.2. The minimum absolute atomic E-state index is 0.0953. The third-order valence-corrected chi connectivity index (χ3v) is 4.70. The molecule has 1 aromatic carbocycles. The summed E-state index contributed by atoms with van der Waals surface area (Å²) in [6.07, 6.45) is 0. The Morgan fingerprint density at radius 3 is 2.24 bits per heavy atom. The van der Waals surface area contributed by atoms with Gasteiger partial charge in [0, 0.05) is 12.1 Å².